The molecule has 5 nitrogen and oxygen atoms in total. The van der Waals surface area contributed by atoms with E-state index in [-0.39, 0.29) is 25.0 Å². The molecule has 1 aromatic carbocycles. The summed E-state index contributed by atoms with van der Waals surface area (Å²) in [6.07, 6.45) is -0.120. The summed E-state index contributed by atoms with van der Waals surface area (Å²) < 4.78 is 31.2. The molecule has 7 heteroatoms. The highest BCUT2D eigenvalue weighted by Gasteiger charge is 2.39. The maximum absolute atomic E-state index is 13.6. The van der Waals surface area contributed by atoms with Gasteiger partial charge in [-0.05, 0) is 25.0 Å². The third-order valence-corrected chi connectivity index (χ3v) is 3.41. The number of ether oxygens (including phenoxy) is 1. The topological polar surface area (TPSA) is 63.7 Å². The van der Waals surface area contributed by atoms with Crippen LogP contribution in [0.25, 0.3) is 0 Å². The fourth-order valence-corrected chi connectivity index (χ4v) is 2.37. The van der Waals surface area contributed by atoms with E-state index in [0.717, 1.165) is 17.0 Å². The van der Waals surface area contributed by atoms with Crippen LogP contribution in [-0.2, 0) is 25.5 Å². The summed E-state index contributed by atoms with van der Waals surface area (Å²) in [5.41, 5.74) is 0.158. The standard InChI is InChI=1S/C15H15F2NO4/c1-2-22-14(20)8-18-13(19)6-10(15(18)21)5-9-3-4-11(16)7-12(9)17/h3-4,7,10H,2,5-6,8H2,1H3. The third kappa shape index (κ3) is 3.47. The Hall–Kier alpha value is -2.31. The first-order valence-corrected chi connectivity index (χ1v) is 6.86. The Bertz CT molecular complexity index is 618. The molecule has 0 N–H and O–H groups in total. The lowest BCUT2D eigenvalue weighted by molar-refractivity contribution is -0.152. The average molecular weight is 311 g/mol. The number of carbonyl (C=O) groups is 3. The summed E-state index contributed by atoms with van der Waals surface area (Å²) in [4.78, 5) is 36.1. The van der Waals surface area contributed by atoms with Gasteiger partial charge in [0.2, 0.25) is 11.8 Å². The van der Waals surface area contributed by atoms with E-state index in [4.69, 9.17) is 4.74 Å². The van der Waals surface area contributed by atoms with E-state index < -0.39 is 41.9 Å². The second kappa shape index (κ2) is 6.64. The van der Waals surface area contributed by atoms with E-state index in [1.165, 1.54) is 6.07 Å². The van der Waals surface area contributed by atoms with Crippen LogP contribution in [0.2, 0.25) is 0 Å². The highest BCUT2D eigenvalue weighted by molar-refractivity contribution is 6.05. The van der Waals surface area contributed by atoms with E-state index in [9.17, 15) is 23.2 Å². The molecule has 1 atom stereocenters. The van der Waals surface area contributed by atoms with Gasteiger partial charge in [-0.15, -0.1) is 0 Å². The molecule has 1 aromatic rings. The zero-order chi connectivity index (χ0) is 16.3. The molecule has 0 bridgehead atoms. The largest absolute Gasteiger partial charge is 0.465 e. The smallest absolute Gasteiger partial charge is 0.326 e. The second-order valence-corrected chi connectivity index (χ2v) is 4.96. The van der Waals surface area contributed by atoms with Gasteiger partial charge in [0.1, 0.15) is 18.2 Å². The van der Waals surface area contributed by atoms with Crippen LogP contribution >= 0.6 is 0 Å². The number of rotatable bonds is 5. The summed E-state index contributed by atoms with van der Waals surface area (Å²) in [7, 11) is 0. The molecule has 1 fully saturated rings. The van der Waals surface area contributed by atoms with Crippen LogP contribution in [0.3, 0.4) is 0 Å². The lowest BCUT2D eigenvalue weighted by Gasteiger charge is -2.14. The molecule has 0 saturated carbocycles. The van der Waals surface area contributed by atoms with Crippen molar-refractivity contribution in [2.45, 2.75) is 19.8 Å². The molecule has 22 heavy (non-hydrogen) atoms. The van der Waals surface area contributed by atoms with Gasteiger partial charge < -0.3 is 4.74 Å². The number of imide groups is 1. The van der Waals surface area contributed by atoms with Crippen LogP contribution in [0, 0.1) is 17.6 Å². The van der Waals surface area contributed by atoms with Crippen LogP contribution in [0.4, 0.5) is 8.78 Å². The summed E-state index contributed by atoms with van der Waals surface area (Å²) in [5, 5.41) is 0. The van der Waals surface area contributed by atoms with Crippen LogP contribution in [-0.4, -0.2) is 35.8 Å². The highest BCUT2D eigenvalue weighted by atomic mass is 19.1. The fourth-order valence-electron chi connectivity index (χ4n) is 2.37. The van der Waals surface area contributed by atoms with E-state index in [1.54, 1.807) is 6.92 Å². The molecule has 1 heterocycles. The summed E-state index contributed by atoms with van der Waals surface area (Å²) in [6.45, 7) is 1.33. The van der Waals surface area contributed by atoms with Crippen molar-refractivity contribution in [1.82, 2.24) is 4.90 Å². The van der Waals surface area contributed by atoms with Crippen molar-refractivity contribution in [2.24, 2.45) is 5.92 Å². The molecule has 0 aromatic heterocycles. The molecule has 2 amide bonds. The zero-order valence-corrected chi connectivity index (χ0v) is 12.0. The monoisotopic (exact) mass is 311 g/mol. The van der Waals surface area contributed by atoms with Crippen LogP contribution in [0.1, 0.15) is 18.9 Å². The second-order valence-electron chi connectivity index (χ2n) is 4.96. The predicted octanol–water partition coefficient (Wildman–Crippen LogP) is 1.45. The molecule has 118 valence electrons. The Kier molecular flexibility index (Phi) is 4.85. The van der Waals surface area contributed by atoms with Gasteiger partial charge in [0.25, 0.3) is 0 Å². The van der Waals surface area contributed by atoms with Gasteiger partial charge in [-0.3, -0.25) is 19.3 Å². The van der Waals surface area contributed by atoms with Crippen molar-refractivity contribution in [3.63, 3.8) is 0 Å². The average Bonchev–Trinajstić information content (AvgIpc) is 2.70. The Morgan fingerprint density at radius 2 is 2.09 bits per heavy atom. The highest BCUT2D eigenvalue weighted by Crippen LogP contribution is 2.25. The fraction of sp³-hybridized carbons (Fsp3) is 0.400. The molecule has 2 rings (SSSR count). The van der Waals surface area contributed by atoms with E-state index >= 15 is 0 Å². The lowest BCUT2D eigenvalue weighted by Crippen LogP contribution is -2.36. The van der Waals surface area contributed by atoms with Crippen LogP contribution in [0.5, 0.6) is 0 Å². The van der Waals surface area contributed by atoms with Crippen molar-refractivity contribution in [2.75, 3.05) is 13.2 Å². The first-order chi connectivity index (χ1) is 10.4. The molecule has 0 aliphatic carbocycles. The number of likely N-dealkylation sites (tertiary alicyclic amines) is 1. The minimum absolute atomic E-state index is 0.0178. The molecule has 1 aliphatic rings. The summed E-state index contributed by atoms with van der Waals surface area (Å²) in [6, 6.07) is 3.07. The van der Waals surface area contributed by atoms with Gasteiger partial charge in [0, 0.05) is 12.5 Å². The normalized spacial score (nSPS) is 18.0. The number of hydrogen-bond donors (Lipinski definition) is 0. The van der Waals surface area contributed by atoms with Gasteiger partial charge in [0.05, 0.1) is 12.5 Å². The predicted molar refractivity (Wildman–Crippen MR) is 71.5 cm³/mol. The van der Waals surface area contributed by atoms with E-state index in [0.29, 0.717) is 0 Å². The van der Waals surface area contributed by atoms with Gasteiger partial charge >= 0.3 is 5.97 Å². The molecular weight excluding hydrogens is 296 g/mol. The summed E-state index contributed by atoms with van der Waals surface area (Å²) >= 11 is 0. The van der Waals surface area contributed by atoms with Gasteiger partial charge in [-0.25, -0.2) is 8.78 Å². The first kappa shape index (κ1) is 16.1. The van der Waals surface area contributed by atoms with Crippen LogP contribution in [0.15, 0.2) is 18.2 Å². The Balaban J connectivity index is 2.06. The van der Waals surface area contributed by atoms with Gasteiger partial charge in [0.15, 0.2) is 0 Å². The van der Waals surface area contributed by atoms with Gasteiger partial charge in [-0.2, -0.15) is 0 Å². The number of benzene rings is 1. The minimum atomic E-state index is -0.760. The van der Waals surface area contributed by atoms with Crippen molar-refractivity contribution < 1.29 is 27.9 Å². The molecule has 1 unspecified atom stereocenters. The van der Waals surface area contributed by atoms with Crippen molar-refractivity contribution in [1.29, 1.82) is 0 Å². The number of carbonyl (C=O) groups excluding carboxylic acids is 3. The van der Waals surface area contributed by atoms with Crippen molar-refractivity contribution in [3.8, 4) is 0 Å². The number of esters is 1. The van der Waals surface area contributed by atoms with E-state index in [1.807, 2.05) is 0 Å². The van der Waals surface area contributed by atoms with Crippen LogP contribution < -0.4 is 0 Å². The Morgan fingerprint density at radius 3 is 2.73 bits per heavy atom. The number of amides is 2. The minimum Gasteiger partial charge on any atom is -0.465 e. The molecule has 0 spiro atoms. The number of halogens is 2. The van der Waals surface area contributed by atoms with E-state index in [2.05, 4.69) is 0 Å². The molecular formula is C15H15F2NO4. The Labute approximate surface area is 125 Å². The van der Waals surface area contributed by atoms with Crippen molar-refractivity contribution in [3.05, 3.63) is 35.4 Å². The SMILES string of the molecule is CCOC(=O)CN1C(=O)CC(Cc2ccc(F)cc2F)C1=O. The molecule has 1 saturated heterocycles. The molecule has 1 aliphatic heterocycles. The first-order valence-electron chi connectivity index (χ1n) is 6.86. The summed E-state index contributed by atoms with van der Waals surface area (Å²) in [5.74, 6) is -3.92. The molecule has 0 radical (unpaired) electrons. The number of hydrogen-bond acceptors (Lipinski definition) is 4. The quantitative estimate of drug-likeness (QED) is 0.610. The lowest BCUT2D eigenvalue weighted by atomic mass is 9.97. The van der Waals surface area contributed by atoms with Crippen molar-refractivity contribution >= 4 is 17.8 Å². The number of nitrogens with zero attached hydrogens (tertiary/aromatic N) is 1. The third-order valence-electron chi connectivity index (χ3n) is 3.41. The maximum Gasteiger partial charge on any atom is 0.326 e. The maximum atomic E-state index is 13.6. The Morgan fingerprint density at radius 1 is 1.36 bits per heavy atom. The zero-order valence-electron chi connectivity index (χ0n) is 12.0. The van der Waals surface area contributed by atoms with Gasteiger partial charge in [-0.1, -0.05) is 6.07 Å².